The number of phenolic OH excluding ortho intramolecular Hbond substituents is 1. The molecule has 1 N–H and O–H groups in total. The zero-order chi connectivity index (χ0) is 15.5. The van der Waals surface area contributed by atoms with Gasteiger partial charge < -0.3 is 5.11 Å². The Morgan fingerprint density at radius 1 is 1.09 bits per heavy atom. The number of nitrogens with zero attached hydrogens (tertiary/aromatic N) is 1. The number of carbonyl (C=O) groups excluding carboxylic acids is 1. The van der Waals surface area contributed by atoms with Gasteiger partial charge in [0.25, 0.3) is 0 Å². The molecule has 0 aliphatic heterocycles. The fraction of sp³-hybridized carbons (Fsp3) is 0. The molecule has 0 unspecified atom stereocenters. The summed E-state index contributed by atoms with van der Waals surface area (Å²) >= 11 is 5.96. The first-order chi connectivity index (χ1) is 10.7. The number of hydrogen-bond donors (Lipinski definition) is 1. The molecule has 0 fully saturated rings. The topological polar surface area (TPSA) is 50.2 Å². The fourth-order valence-corrected chi connectivity index (χ4v) is 2.47. The number of phenols is 1. The first kappa shape index (κ1) is 14.3. The number of benzene rings is 2. The summed E-state index contributed by atoms with van der Waals surface area (Å²) in [7, 11) is 0. The van der Waals surface area contributed by atoms with E-state index in [1.54, 1.807) is 30.5 Å². The molecule has 0 saturated carbocycles. The number of hydrogen-bond acceptors (Lipinski definition) is 3. The van der Waals surface area contributed by atoms with E-state index in [9.17, 15) is 9.90 Å². The minimum atomic E-state index is -0.283. The maximum absolute atomic E-state index is 12.5. The Bertz CT molecular complexity index is 887. The van der Waals surface area contributed by atoms with Crippen LogP contribution in [0.25, 0.3) is 16.8 Å². The van der Waals surface area contributed by atoms with Crippen molar-refractivity contribution < 1.29 is 9.90 Å². The summed E-state index contributed by atoms with van der Waals surface area (Å²) in [6, 6.07) is 14.2. The molecule has 0 spiro atoms. The second-order valence-corrected chi connectivity index (χ2v) is 5.12. The van der Waals surface area contributed by atoms with Gasteiger partial charge >= 0.3 is 0 Å². The van der Waals surface area contributed by atoms with E-state index >= 15 is 0 Å². The number of fused-ring (bicyclic) bond motifs is 1. The summed E-state index contributed by atoms with van der Waals surface area (Å²) in [6.45, 7) is 0. The van der Waals surface area contributed by atoms with Crippen molar-refractivity contribution in [3.05, 3.63) is 77.1 Å². The molecule has 22 heavy (non-hydrogen) atoms. The van der Waals surface area contributed by atoms with E-state index in [0.29, 0.717) is 10.7 Å². The zero-order valence-corrected chi connectivity index (χ0v) is 12.3. The molecule has 1 heterocycles. The van der Waals surface area contributed by atoms with Crippen molar-refractivity contribution in [3.63, 3.8) is 0 Å². The smallest absolute Gasteiger partial charge is 0.190 e. The highest BCUT2D eigenvalue weighted by Gasteiger charge is 2.12. The Balaban J connectivity index is 2.03. The van der Waals surface area contributed by atoms with Crippen LogP contribution in [-0.4, -0.2) is 15.9 Å². The van der Waals surface area contributed by atoms with E-state index in [-0.39, 0.29) is 17.1 Å². The lowest BCUT2D eigenvalue weighted by atomic mass is 9.99. The normalized spacial score (nSPS) is 11.1. The summed E-state index contributed by atoms with van der Waals surface area (Å²) in [5.41, 5.74) is 0.937. The van der Waals surface area contributed by atoms with E-state index in [2.05, 4.69) is 4.98 Å². The molecule has 0 saturated heterocycles. The van der Waals surface area contributed by atoms with E-state index in [1.807, 2.05) is 24.3 Å². The summed E-state index contributed by atoms with van der Waals surface area (Å²) in [5, 5.41) is 12.0. The van der Waals surface area contributed by atoms with Gasteiger partial charge in [0.1, 0.15) is 10.9 Å². The van der Waals surface area contributed by atoms with Crippen molar-refractivity contribution in [1.29, 1.82) is 0 Å². The Morgan fingerprint density at radius 2 is 1.91 bits per heavy atom. The molecule has 4 heteroatoms. The maximum Gasteiger partial charge on any atom is 0.190 e. The van der Waals surface area contributed by atoms with Crippen molar-refractivity contribution in [3.8, 4) is 5.75 Å². The van der Waals surface area contributed by atoms with Gasteiger partial charge in [0, 0.05) is 11.8 Å². The molecular weight excluding hydrogens is 298 g/mol. The minimum Gasteiger partial charge on any atom is -0.507 e. The van der Waals surface area contributed by atoms with Gasteiger partial charge in [0.05, 0.1) is 5.56 Å². The van der Waals surface area contributed by atoms with Crippen LogP contribution in [0.1, 0.15) is 15.9 Å². The van der Waals surface area contributed by atoms with Crippen molar-refractivity contribution in [2.45, 2.75) is 0 Å². The largest absolute Gasteiger partial charge is 0.507 e. The van der Waals surface area contributed by atoms with Gasteiger partial charge in [0.2, 0.25) is 0 Å². The third kappa shape index (κ3) is 2.71. The summed E-state index contributed by atoms with van der Waals surface area (Å²) < 4.78 is 0. The number of allylic oxidation sites excluding steroid dienone is 1. The number of ketones is 1. The molecule has 2 aromatic carbocycles. The number of halogens is 1. The average molecular weight is 310 g/mol. The monoisotopic (exact) mass is 309 g/mol. The number of carbonyl (C=O) groups is 1. The van der Waals surface area contributed by atoms with Crippen molar-refractivity contribution in [1.82, 2.24) is 4.98 Å². The van der Waals surface area contributed by atoms with E-state index in [1.165, 1.54) is 12.1 Å². The fourth-order valence-electron chi connectivity index (χ4n) is 2.29. The van der Waals surface area contributed by atoms with E-state index < -0.39 is 0 Å². The number of aromatic hydroxyl groups is 1. The average Bonchev–Trinajstić information content (AvgIpc) is 2.53. The Kier molecular flexibility index (Phi) is 3.90. The van der Waals surface area contributed by atoms with Crippen LogP contribution in [0.15, 0.2) is 60.8 Å². The third-order valence-corrected chi connectivity index (χ3v) is 3.67. The van der Waals surface area contributed by atoms with Gasteiger partial charge in [-0.3, -0.25) is 4.79 Å². The maximum atomic E-state index is 12.5. The molecule has 1 aromatic heterocycles. The highest BCUT2D eigenvalue weighted by Crippen LogP contribution is 2.28. The molecule has 0 radical (unpaired) electrons. The molecule has 0 aliphatic carbocycles. The third-order valence-electron chi connectivity index (χ3n) is 3.36. The molecule has 3 rings (SSSR count). The number of pyridine rings is 1. The summed E-state index contributed by atoms with van der Waals surface area (Å²) in [6.07, 6.45) is 4.57. The lowest BCUT2D eigenvalue weighted by Gasteiger charge is -2.06. The van der Waals surface area contributed by atoms with Crippen molar-refractivity contribution in [2.24, 2.45) is 0 Å². The van der Waals surface area contributed by atoms with Crippen LogP contribution < -0.4 is 0 Å². The summed E-state index contributed by atoms with van der Waals surface area (Å²) in [4.78, 5) is 16.4. The quantitative estimate of drug-likeness (QED) is 0.440. The molecule has 3 aromatic rings. The molecule has 0 bridgehead atoms. The van der Waals surface area contributed by atoms with Gasteiger partial charge in [-0.2, -0.15) is 0 Å². The molecule has 108 valence electrons. The van der Waals surface area contributed by atoms with Crippen molar-refractivity contribution in [2.75, 3.05) is 0 Å². The SMILES string of the molecule is O=C(/C=C/c1cccnc1Cl)c1c(O)ccc2ccccc12. The van der Waals surface area contributed by atoms with Crippen LogP contribution in [-0.2, 0) is 0 Å². The number of rotatable bonds is 3. The first-order valence-electron chi connectivity index (χ1n) is 6.70. The first-order valence-corrected chi connectivity index (χ1v) is 7.08. The van der Waals surface area contributed by atoms with Gasteiger partial charge in [-0.05, 0) is 35.1 Å². The highest BCUT2D eigenvalue weighted by atomic mass is 35.5. The van der Waals surface area contributed by atoms with Crippen LogP contribution in [0.4, 0.5) is 0 Å². The van der Waals surface area contributed by atoms with Crippen LogP contribution in [0.2, 0.25) is 5.15 Å². The standard InChI is InChI=1S/C18H12ClNO2/c19-18-13(5-3-11-20-18)8-10-16(22)17-14-6-2-1-4-12(14)7-9-15(17)21/h1-11,21H/b10-8+. The van der Waals surface area contributed by atoms with Crippen LogP contribution in [0.5, 0.6) is 5.75 Å². The zero-order valence-electron chi connectivity index (χ0n) is 11.5. The van der Waals surface area contributed by atoms with Crippen molar-refractivity contribution >= 4 is 34.2 Å². The van der Waals surface area contributed by atoms with E-state index in [0.717, 1.165) is 10.8 Å². The van der Waals surface area contributed by atoms with Crippen LogP contribution in [0.3, 0.4) is 0 Å². The lowest BCUT2D eigenvalue weighted by molar-refractivity contribution is 0.104. The highest BCUT2D eigenvalue weighted by molar-refractivity contribution is 6.31. The van der Waals surface area contributed by atoms with Crippen LogP contribution >= 0.6 is 11.6 Å². The Labute approximate surface area is 132 Å². The Morgan fingerprint density at radius 3 is 2.73 bits per heavy atom. The Hall–Kier alpha value is -2.65. The number of aromatic nitrogens is 1. The molecular formula is C18H12ClNO2. The molecule has 0 atom stereocenters. The van der Waals surface area contributed by atoms with E-state index in [4.69, 9.17) is 11.6 Å². The van der Waals surface area contributed by atoms with Crippen LogP contribution in [0, 0.1) is 0 Å². The molecule has 0 aliphatic rings. The predicted octanol–water partition coefficient (Wildman–Crippen LogP) is 4.49. The van der Waals surface area contributed by atoms with Gasteiger partial charge in [0.15, 0.2) is 5.78 Å². The molecule has 3 nitrogen and oxygen atoms in total. The second-order valence-electron chi connectivity index (χ2n) is 4.76. The second kappa shape index (κ2) is 6.00. The van der Waals surface area contributed by atoms with Gasteiger partial charge in [-0.1, -0.05) is 48.0 Å². The predicted molar refractivity (Wildman–Crippen MR) is 88.2 cm³/mol. The van der Waals surface area contributed by atoms with Gasteiger partial charge in [-0.25, -0.2) is 4.98 Å². The minimum absolute atomic E-state index is 0.0365. The summed E-state index contributed by atoms with van der Waals surface area (Å²) in [5.74, 6) is -0.320. The lowest BCUT2D eigenvalue weighted by Crippen LogP contribution is -1.96. The molecule has 0 amide bonds. The van der Waals surface area contributed by atoms with Gasteiger partial charge in [-0.15, -0.1) is 0 Å².